The van der Waals surface area contributed by atoms with Crippen molar-refractivity contribution in [3.8, 4) is 0 Å². The van der Waals surface area contributed by atoms with Crippen LogP contribution in [0.5, 0.6) is 0 Å². The molecule has 5 heteroatoms. The predicted molar refractivity (Wildman–Crippen MR) is 89.8 cm³/mol. The summed E-state index contributed by atoms with van der Waals surface area (Å²) >= 11 is 3.31. The van der Waals surface area contributed by atoms with Crippen molar-refractivity contribution in [2.45, 2.75) is 12.8 Å². The number of benzene rings is 1. The lowest BCUT2D eigenvalue weighted by atomic mass is 10.2. The monoisotopic (exact) mass is 349 g/mol. The number of carbonyl (C=O) groups excluding carboxylic acids is 1. The average molecular weight is 350 g/mol. The topological polar surface area (TPSA) is 48.1 Å². The number of nitrogens with zero attached hydrogens (tertiary/aromatic N) is 1. The number of nitrogens with one attached hydrogen (secondary N) is 2. The van der Waals surface area contributed by atoms with Gasteiger partial charge in [-0.1, -0.05) is 18.2 Å². The molecule has 0 spiro atoms. The fraction of sp³-hybridized carbons (Fsp3) is 0.312. The SMILES string of the molecule is CN(CCCCNC(=O)c1cc(Br)c[nH]1)c1ccccc1. The van der Waals surface area contributed by atoms with E-state index in [1.165, 1.54) is 5.69 Å². The van der Waals surface area contributed by atoms with Gasteiger partial charge in [-0.15, -0.1) is 0 Å². The van der Waals surface area contributed by atoms with E-state index in [9.17, 15) is 4.79 Å². The molecule has 0 saturated heterocycles. The molecule has 2 N–H and O–H groups in total. The molecule has 4 nitrogen and oxygen atoms in total. The Kier molecular flexibility index (Phi) is 5.87. The van der Waals surface area contributed by atoms with Crippen LogP contribution >= 0.6 is 15.9 Å². The molecule has 2 rings (SSSR count). The van der Waals surface area contributed by atoms with Gasteiger partial charge in [-0.25, -0.2) is 0 Å². The number of carbonyl (C=O) groups is 1. The van der Waals surface area contributed by atoms with E-state index in [4.69, 9.17) is 0 Å². The number of anilines is 1. The normalized spacial score (nSPS) is 10.4. The Morgan fingerprint density at radius 3 is 2.71 bits per heavy atom. The lowest BCUT2D eigenvalue weighted by molar-refractivity contribution is 0.0948. The van der Waals surface area contributed by atoms with Gasteiger partial charge in [0.2, 0.25) is 0 Å². The van der Waals surface area contributed by atoms with E-state index < -0.39 is 0 Å². The third kappa shape index (κ3) is 4.93. The summed E-state index contributed by atoms with van der Waals surface area (Å²) < 4.78 is 0.886. The van der Waals surface area contributed by atoms with Gasteiger partial charge >= 0.3 is 0 Å². The third-order valence-electron chi connectivity index (χ3n) is 3.30. The number of para-hydroxylation sites is 1. The van der Waals surface area contributed by atoms with Gasteiger partial charge in [0.1, 0.15) is 5.69 Å². The quantitative estimate of drug-likeness (QED) is 0.752. The van der Waals surface area contributed by atoms with Crippen LogP contribution < -0.4 is 10.2 Å². The van der Waals surface area contributed by atoms with Crippen molar-refractivity contribution in [2.75, 3.05) is 25.0 Å². The number of hydrogen-bond donors (Lipinski definition) is 2. The van der Waals surface area contributed by atoms with Crippen LogP contribution in [0, 0.1) is 0 Å². The molecule has 2 aromatic rings. The largest absolute Gasteiger partial charge is 0.375 e. The van der Waals surface area contributed by atoms with E-state index >= 15 is 0 Å². The van der Waals surface area contributed by atoms with Gasteiger partial charge in [0.25, 0.3) is 5.91 Å². The minimum atomic E-state index is -0.0582. The molecule has 1 amide bonds. The summed E-state index contributed by atoms with van der Waals surface area (Å²) in [6.07, 6.45) is 3.76. The zero-order chi connectivity index (χ0) is 15.1. The Bertz CT molecular complexity index is 568. The van der Waals surface area contributed by atoms with E-state index in [1.54, 1.807) is 12.3 Å². The smallest absolute Gasteiger partial charge is 0.267 e. The average Bonchev–Trinajstić information content (AvgIpc) is 2.94. The van der Waals surface area contributed by atoms with E-state index in [2.05, 4.69) is 50.3 Å². The van der Waals surface area contributed by atoms with Crippen molar-refractivity contribution in [1.82, 2.24) is 10.3 Å². The van der Waals surface area contributed by atoms with Crippen LogP contribution in [-0.2, 0) is 0 Å². The summed E-state index contributed by atoms with van der Waals surface area (Å²) in [5.41, 5.74) is 1.81. The number of unbranched alkanes of at least 4 members (excludes halogenated alkanes) is 1. The molecule has 0 atom stereocenters. The van der Waals surface area contributed by atoms with Crippen LogP contribution in [0.15, 0.2) is 47.1 Å². The standard InChI is InChI=1S/C16H20BrN3O/c1-20(14-7-3-2-4-8-14)10-6-5-9-18-16(21)15-11-13(17)12-19-15/h2-4,7-8,11-12,19H,5-6,9-10H2,1H3,(H,18,21). The van der Waals surface area contributed by atoms with Gasteiger partial charge in [-0.05, 0) is 47.0 Å². The second-order valence-corrected chi connectivity index (χ2v) is 5.87. The Morgan fingerprint density at radius 2 is 2.05 bits per heavy atom. The summed E-state index contributed by atoms with van der Waals surface area (Å²) in [4.78, 5) is 16.9. The van der Waals surface area contributed by atoms with Crippen LogP contribution in [0.1, 0.15) is 23.3 Å². The first-order chi connectivity index (χ1) is 10.2. The second-order valence-electron chi connectivity index (χ2n) is 4.95. The highest BCUT2D eigenvalue weighted by atomic mass is 79.9. The summed E-state index contributed by atoms with van der Waals surface area (Å²) in [6.45, 7) is 1.67. The molecule has 0 fully saturated rings. The van der Waals surface area contributed by atoms with Gasteiger partial charge < -0.3 is 15.2 Å². The number of H-pyrrole nitrogens is 1. The van der Waals surface area contributed by atoms with E-state index in [0.29, 0.717) is 12.2 Å². The van der Waals surface area contributed by atoms with Crippen molar-refractivity contribution in [1.29, 1.82) is 0 Å². The minimum Gasteiger partial charge on any atom is -0.375 e. The first kappa shape index (κ1) is 15.6. The third-order valence-corrected chi connectivity index (χ3v) is 3.75. The van der Waals surface area contributed by atoms with Crippen molar-refractivity contribution in [3.63, 3.8) is 0 Å². The predicted octanol–water partition coefficient (Wildman–Crippen LogP) is 3.42. The van der Waals surface area contributed by atoms with Crippen molar-refractivity contribution in [3.05, 3.63) is 52.8 Å². The molecular weight excluding hydrogens is 330 g/mol. The molecule has 112 valence electrons. The first-order valence-electron chi connectivity index (χ1n) is 7.05. The molecular formula is C16H20BrN3O. The second kappa shape index (κ2) is 7.88. The number of aromatic nitrogens is 1. The highest BCUT2D eigenvalue weighted by Crippen LogP contribution is 2.12. The molecule has 0 bridgehead atoms. The molecule has 1 aromatic heterocycles. The first-order valence-corrected chi connectivity index (χ1v) is 7.84. The fourth-order valence-corrected chi connectivity index (χ4v) is 2.43. The van der Waals surface area contributed by atoms with Gasteiger partial charge in [0.15, 0.2) is 0 Å². The van der Waals surface area contributed by atoms with E-state index in [1.807, 2.05) is 18.2 Å². The maximum Gasteiger partial charge on any atom is 0.267 e. The van der Waals surface area contributed by atoms with Gasteiger partial charge in [0, 0.05) is 36.5 Å². The van der Waals surface area contributed by atoms with Crippen LogP contribution in [-0.4, -0.2) is 31.0 Å². The summed E-state index contributed by atoms with van der Waals surface area (Å²) in [5, 5.41) is 2.92. The van der Waals surface area contributed by atoms with Crippen LogP contribution in [0.2, 0.25) is 0 Å². The Hall–Kier alpha value is -1.75. The zero-order valence-corrected chi connectivity index (χ0v) is 13.7. The molecule has 0 aliphatic carbocycles. The van der Waals surface area contributed by atoms with Gasteiger partial charge in [0.05, 0.1) is 0 Å². The van der Waals surface area contributed by atoms with Gasteiger partial charge in [-0.2, -0.15) is 0 Å². The van der Waals surface area contributed by atoms with Crippen molar-refractivity contribution < 1.29 is 4.79 Å². The lowest BCUT2D eigenvalue weighted by Gasteiger charge is -2.19. The zero-order valence-electron chi connectivity index (χ0n) is 12.1. The summed E-state index contributed by atoms with van der Waals surface area (Å²) in [7, 11) is 2.09. The molecule has 21 heavy (non-hydrogen) atoms. The van der Waals surface area contributed by atoms with Crippen molar-refractivity contribution in [2.24, 2.45) is 0 Å². The molecule has 0 saturated carbocycles. The lowest BCUT2D eigenvalue weighted by Crippen LogP contribution is -2.26. The Balaban J connectivity index is 1.63. The van der Waals surface area contributed by atoms with E-state index in [0.717, 1.165) is 23.9 Å². The maximum absolute atomic E-state index is 11.8. The molecule has 0 aliphatic heterocycles. The minimum absolute atomic E-state index is 0.0582. The Morgan fingerprint density at radius 1 is 1.29 bits per heavy atom. The number of aromatic amines is 1. The van der Waals surface area contributed by atoms with Crippen molar-refractivity contribution >= 4 is 27.5 Å². The van der Waals surface area contributed by atoms with Crippen LogP contribution in [0.25, 0.3) is 0 Å². The summed E-state index contributed by atoms with van der Waals surface area (Å²) in [5.74, 6) is -0.0582. The van der Waals surface area contributed by atoms with Crippen LogP contribution in [0.4, 0.5) is 5.69 Å². The van der Waals surface area contributed by atoms with Gasteiger partial charge in [-0.3, -0.25) is 4.79 Å². The molecule has 0 unspecified atom stereocenters. The van der Waals surface area contributed by atoms with Crippen LogP contribution in [0.3, 0.4) is 0 Å². The number of hydrogen-bond acceptors (Lipinski definition) is 2. The highest BCUT2D eigenvalue weighted by Gasteiger charge is 2.06. The molecule has 1 heterocycles. The maximum atomic E-state index is 11.8. The fourth-order valence-electron chi connectivity index (χ4n) is 2.08. The highest BCUT2D eigenvalue weighted by molar-refractivity contribution is 9.10. The number of rotatable bonds is 7. The van der Waals surface area contributed by atoms with E-state index in [-0.39, 0.29) is 5.91 Å². The summed E-state index contributed by atoms with van der Waals surface area (Å²) in [6, 6.07) is 12.1. The molecule has 1 aromatic carbocycles. The Labute approximate surface area is 133 Å². The number of amides is 1. The number of halogens is 1. The molecule has 0 aliphatic rings. The molecule has 0 radical (unpaired) electrons.